The molecular formula is C38H56N4O5. The number of hydrogen-bond donors (Lipinski definition) is 5. The Morgan fingerprint density at radius 1 is 0.681 bits per heavy atom. The Morgan fingerprint density at radius 3 is 1.83 bits per heavy atom. The van der Waals surface area contributed by atoms with Crippen molar-refractivity contribution < 1.29 is 24.3 Å². The monoisotopic (exact) mass is 648 g/mol. The van der Waals surface area contributed by atoms with Crippen LogP contribution in [-0.4, -0.2) is 53.0 Å². The highest BCUT2D eigenvalue weighted by Crippen LogP contribution is 2.13. The van der Waals surface area contributed by atoms with Gasteiger partial charge in [0.15, 0.2) is 0 Å². The van der Waals surface area contributed by atoms with E-state index in [2.05, 4.69) is 21.3 Å². The lowest BCUT2D eigenvalue weighted by molar-refractivity contribution is -0.131. The molecule has 0 aliphatic heterocycles. The summed E-state index contributed by atoms with van der Waals surface area (Å²) in [5.41, 5.74) is 2.02. The quantitative estimate of drug-likeness (QED) is 0.131. The van der Waals surface area contributed by atoms with Gasteiger partial charge in [-0.3, -0.25) is 19.2 Å². The van der Waals surface area contributed by atoms with E-state index in [0.29, 0.717) is 32.2 Å². The molecule has 0 saturated carbocycles. The standard InChI is InChI=1S/C38H56N4O5/c1-26(2)20-32(34(43)24-37(46)42-33(21-27(3)4)38(47)39-25-30-16-11-8-12-17-30)41-35(44)19-13-18-31(40-36(45)22-28(5)6)23-29-14-9-7-10-15-29/h7-18,26-28,31-34,43H,19-25H2,1-6H3,(H,39,47)(H,40,45)(H,41,44)(H,42,46)/b18-13+/t31-,32+,33+,34?/m1/s1. The molecule has 4 atom stereocenters. The molecule has 258 valence electrons. The molecule has 2 aromatic rings. The third-order valence-electron chi connectivity index (χ3n) is 7.51. The first-order valence-corrected chi connectivity index (χ1v) is 16.9. The lowest BCUT2D eigenvalue weighted by Crippen LogP contribution is -2.50. The maximum absolute atomic E-state index is 13.0. The van der Waals surface area contributed by atoms with Gasteiger partial charge in [-0.2, -0.15) is 0 Å². The lowest BCUT2D eigenvalue weighted by Gasteiger charge is -2.26. The maximum atomic E-state index is 13.0. The third kappa shape index (κ3) is 16.9. The molecule has 0 heterocycles. The Balaban J connectivity index is 2.00. The zero-order chi connectivity index (χ0) is 34.8. The average molecular weight is 649 g/mol. The van der Waals surface area contributed by atoms with Gasteiger partial charge in [-0.15, -0.1) is 0 Å². The molecule has 5 N–H and O–H groups in total. The van der Waals surface area contributed by atoms with Gasteiger partial charge in [-0.1, -0.05) is 114 Å². The molecule has 0 aliphatic carbocycles. The van der Waals surface area contributed by atoms with Gasteiger partial charge in [0.05, 0.1) is 24.6 Å². The summed E-state index contributed by atoms with van der Waals surface area (Å²) in [6.07, 6.45) is 4.15. The molecule has 0 spiro atoms. The van der Waals surface area contributed by atoms with Crippen LogP contribution in [0.4, 0.5) is 0 Å². The van der Waals surface area contributed by atoms with Crippen LogP contribution in [0.25, 0.3) is 0 Å². The van der Waals surface area contributed by atoms with E-state index >= 15 is 0 Å². The van der Waals surface area contributed by atoms with E-state index in [1.807, 2.05) is 108 Å². The van der Waals surface area contributed by atoms with Crippen molar-refractivity contribution in [1.29, 1.82) is 0 Å². The largest absolute Gasteiger partial charge is 0.390 e. The zero-order valence-corrected chi connectivity index (χ0v) is 29.0. The van der Waals surface area contributed by atoms with E-state index in [4.69, 9.17) is 0 Å². The van der Waals surface area contributed by atoms with Gasteiger partial charge in [0.2, 0.25) is 23.6 Å². The van der Waals surface area contributed by atoms with Crippen LogP contribution in [0, 0.1) is 17.8 Å². The zero-order valence-electron chi connectivity index (χ0n) is 29.0. The smallest absolute Gasteiger partial charge is 0.242 e. The second kappa shape index (κ2) is 21.0. The predicted molar refractivity (Wildman–Crippen MR) is 187 cm³/mol. The minimum absolute atomic E-state index is 0.0438. The minimum Gasteiger partial charge on any atom is -0.390 e. The topological polar surface area (TPSA) is 137 Å². The van der Waals surface area contributed by atoms with Crippen molar-refractivity contribution in [2.24, 2.45) is 17.8 Å². The SMILES string of the molecule is CC(C)CC(=O)N[C@H](/C=C/CC(=O)N[C@@H](CC(C)C)C(O)CC(=O)N[C@@H](CC(C)C)C(=O)NCc1ccccc1)Cc1ccccc1. The van der Waals surface area contributed by atoms with Crippen molar-refractivity contribution in [3.63, 3.8) is 0 Å². The number of amides is 4. The summed E-state index contributed by atoms with van der Waals surface area (Å²) in [7, 11) is 0. The highest BCUT2D eigenvalue weighted by atomic mass is 16.3. The fourth-order valence-corrected chi connectivity index (χ4v) is 5.29. The van der Waals surface area contributed by atoms with Crippen molar-refractivity contribution in [3.8, 4) is 0 Å². The number of carbonyl (C=O) groups is 4. The van der Waals surface area contributed by atoms with Crippen LogP contribution in [0.5, 0.6) is 0 Å². The molecule has 0 saturated heterocycles. The first kappa shape index (κ1) is 39.2. The predicted octanol–water partition coefficient (Wildman–Crippen LogP) is 4.84. The van der Waals surface area contributed by atoms with Crippen LogP contribution in [0.2, 0.25) is 0 Å². The van der Waals surface area contributed by atoms with Gasteiger partial charge in [0, 0.05) is 19.4 Å². The van der Waals surface area contributed by atoms with Crippen LogP contribution in [0.15, 0.2) is 72.8 Å². The molecule has 9 nitrogen and oxygen atoms in total. The Kier molecular flexibility index (Phi) is 17.5. The number of carbonyl (C=O) groups excluding carboxylic acids is 4. The molecule has 0 aromatic heterocycles. The van der Waals surface area contributed by atoms with Gasteiger partial charge in [-0.05, 0) is 48.1 Å². The fourth-order valence-electron chi connectivity index (χ4n) is 5.29. The molecule has 4 amide bonds. The van der Waals surface area contributed by atoms with Gasteiger partial charge < -0.3 is 26.4 Å². The van der Waals surface area contributed by atoms with Gasteiger partial charge in [-0.25, -0.2) is 0 Å². The number of aliphatic hydroxyl groups excluding tert-OH is 1. The summed E-state index contributed by atoms with van der Waals surface area (Å²) < 4.78 is 0. The Hall–Kier alpha value is -3.98. The summed E-state index contributed by atoms with van der Waals surface area (Å²) in [6, 6.07) is 17.7. The first-order chi connectivity index (χ1) is 22.3. The molecule has 1 unspecified atom stereocenters. The molecule has 2 aromatic carbocycles. The highest BCUT2D eigenvalue weighted by molar-refractivity contribution is 5.87. The Bertz CT molecular complexity index is 1260. The van der Waals surface area contributed by atoms with Crippen molar-refractivity contribution >= 4 is 23.6 Å². The summed E-state index contributed by atoms with van der Waals surface area (Å²) in [4.78, 5) is 51.5. The summed E-state index contributed by atoms with van der Waals surface area (Å²) in [6.45, 7) is 12.2. The second-order valence-electron chi connectivity index (χ2n) is 13.6. The highest BCUT2D eigenvalue weighted by Gasteiger charge is 2.27. The number of aliphatic hydroxyl groups is 1. The Morgan fingerprint density at radius 2 is 1.26 bits per heavy atom. The van der Waals surface area contributed by atoms with Gasteiger partial charge in [0.25, 0.3) is 0 Å². The average Bonchev–Trinajstić information content (AvgIpc) is 2.99. The summed E-state index contributed by atoms with van der Waals surface area (Å²) >= 11 is 0. The van der Waals surface area contributed by atoms with Crippen molar-refractivity contribution in [2.45, 2.75) is 111 Å². The number of nitrogens with one attached hydrogen (secondary N) is 4. The molecule has 9 heteroatoms. The van der Waals surface area contributed by atoms with E-state index in [-0.39, 0.29) is 54.4 Å². The molecule has 0 fully saturated rings. The van der Waals surface area contributed by atoms with E-state index < -0.39 is 24.1 Å². The van der Waals surface area contributed by atoms with Gasteiger partial charge >= 0.3 is 0 Å². The summed E-state index contributed by atoms with van der Waals surface area (Å²) in [5, 5.41) is 22.7. The van der Waals surface area contributed by atoms with Crippen LogP contribution in [-0.2, 0) is 32.1 Å². The molecular weight excluding hydrogens is 592 g/mol. The van der Waals surface area contributed by atoms with Crippen LogP contribution < -0.4 is 21.3 Å². The number of rotatable bonds is 20. The number of hydrogen-bond acceptors (Lipinski definition) is 5. The minimum atomic E-state index is -1.14. The number of benzene rings is 2. The molecule has 0 aliphatic rings. The van der Waals surface area contributed by atoms with E-state index in [1.165, 1.54) is 0 Å². The third-order valence-corrected chi connectivity index (χ3v) is 7.51. The van der Waals surface area contributed by atoms with Crippen LogP contribution >= 0.6 is 0 Å². The fraction of sp³-hybridized carbons (Fsp3) is 0.526. The first-order valence-electron chi connectivity index (χ1n) is 16.9. The second-order valence-corrected chi connectivity index (χ2v) is 13.6. The van der Waals surface area contributed by atoms with E-state index in [0.717, 1.165) is 11.1 Å². The normalized spacial score (nSPS) is 14.1. The van der Waals surface area contributed by atoms with Crippen LogP contribution in [0.3, 0.4) is 0 Å². The van der Waals surface area contributed by atoms with Crippen molar-refractivity contribution in [1.82, 2.24) is 21.3 Å². The summed E-state index contributed by atoms with van der Waals surface area (Å²) in [5.74, 6) is -0.542. The van der Waals surface area contributed by atoms with Crippen LogP contribution in [0.1, 0.15) is 84.8 Å². The van der Waals surface area contributed by atoms with E-state index in [9.17, 15) is 24.3 Å². The molecule has 2 rings (SSSR count). The molecule has 47 heavy (non-hydrogen) atoms. The van der Waals surface area contributed by atoms with E-state index in [1.54, 1.807) is 6.08 Å². The lowest BCUT2D eigenvalue weighted by atomic mass is 9.96. The maximum Gasteiger partial charge on any atom is 0.242 e. The van der Waals surface area contributed by atoms with Crippen molar-refractivity contribution in [2.75, 3.05) is 0 Å². The Labute approximate surface area is 281 Å². The van der Waals surface area contributed by atoms with Crippen molar-refractivity contribution in [3.05, 3.63) is 83.9 Å². The molecule has 0 bridgehead atoms. The van der Waals surface area contributed by atoms with Gasteiger partial charge in [0.1, 0.15) is 6.04 Å². The molecule has 0 radical (unpaired) electrons.